The van der Waals surface area contributed by atoms with Gasteiger partial charge in [-0.2, -0.15) is 0 Å². The molecule has 1 aromatic heterocycles. The van der Waals surface area contributed by atoms with E-state index in [-0.39, 0.29) is 0 Å². The third-order valence-electron chi connectivity index (χ3n) is 2.45. The molecule has 0 fully saturated rings. The number of ether oxygens (including phenoxy) is 1. The van der Waals surface area contributed by atoms with Crippen molar-refractivity contribution in [1.82, 2.24) is 9.97 Å². The number of halogens is 1. The number of hydrogen-bond donors (Lipinski definition) is 2. The third-order valence-corrected chi connectivity index (χ3v) is 2.81. The van der Waals surface area contributed by atoms with Gasteiger partial charge in [0.05, 0.1) is 7.11 Å². The molecule has 0 aliphatic rings. The van der Waals surface area contributed by atoms with Crippen LogP contribution in [0.2, 0.25) is 5.02 Å². The molecular weight excluding hydrogens is 252 g/mol. The van der Waals surface area contributed by atoms with Crippen LogP contribution in [-0.4, -0.2) is 17.1 Å². The molecule has 2 aromatic rings. The first-order chi connectivity index (χ1) is 8.72. The van der Waals surface area contributed by atoms with Gasteiger partial charge in [0.1, 0.15) is 5.75 Å². The van der Waals surface area contributed by atoms with Gasteiger partial charge in [-0.1, -0.05) is 17.7 Å². The number of rotatable bonds is 4. The van der Waals surface area contributed by atoms with E-state index in [1.165, 1.54) is 6.20 Å². The lowest BCUT2D eigenvalue weighted by Gasteiger charge is -2.12. The highest BCUT2D eigenvalue weighted by molar-refractivity contribution is 6.31. The Morgan fingerprint density at radius 3 is 2.83 bits per heavy atom. The van der Waals surface area contributed by atoms with E-state index in [0.717, 1.165) is 11.3 Å². The van der Waals surface area contributed by atoms with Crippen molar-refractivity contribution in [3.05, 3.63) is 41.2 Å². The second-order valence-electron chi connectivity index (χ2n) is 3.56. The molecule has 0 spiro atoms. The maximum absolute atomic E-state index is 6.13. The number of nitrogens with one attached hydrogen (secondary N) is 1. The van der Waals surface area contributed by atoms with Gasteiger partial charge in [0.25, 0.3) is 0 Å². The van der Waals surface area contributed by atoms with Crippen molar-refractivity contribution in [3.63, 3.8) is 0 Å². The van der Waals surface area contributed by atoms with Gasteiger partial charge < -0.3 is 15.8 Å². The number of anilines is 2. The quantitative estimate of drug-likeness (QED) is 0.887. The average molecular weight is 265 g/mol. The number of nitrogen functional groups attached to an aromatic ring is 1. The number of nitrogens with zero attached hydrogens (tertiary/aromatic N) is 2. The summed E-state index contributed by atoms with van der Waals surface area (Å²) in [5, 5.41) is 3.71. The maximum Gasteiger partial charge on any atom is 0.169 e. The first-order valence-corrected chi connectivity index (χ1v) is 5.72. The molecule has 0 saturated heterocycles. The summed E-state index contributed by atoms with van der Waals surface area (Å²) in [6, 6.07) is 5.49. The summed E-state index contributed by atoms with van der Waals surface area (Å²) >= 11 is 6.13. The van der Waals surface area contributed by atoms with Gasteiger partial charge in [-0.15, -0.1) is 0 Å². The van der Waals surface area contributed by atoms with Crippen molar-refractivity contribution >= 4 is 23.2 Å². The lowest BCUT2D eigenvalue weighted by Crippen LogP contribution is -2.07. The predicted molar refractivity (Wildman–Crippen MR) is 71.8 cm³/mol. The maximum atomic E-state index is 6.13. The van der Waals surface area contributed by atoms with Crippen LogP contribution in [0.4, 0.5) is 11.6 Å². The Morgan fingerprint density at radius 1 is 1.33 bits per heavy atom. The molecule has 0 saturated carbocycles. The van der Waals surface area contributed by atoms with E-state index >= 15 is 0 Å². The Balaban J connectivity index is 2.18. The van der Waals surface area contributed by atoms with Gasteiger partial charge in [0.2, 0.25) is 0 Å². The monoisotopic (exact) mass is 264 g/mol. The lowest BCUT2D eigenvalue weighted by molar-refractivity contribution is 0.410. The topological polar surface area (TPSA) is 73.1 Å². The molecule has 0 unspecified atom stereocenters. The summed E-state index contributed by atoms with van der Waals surface area (Å²) in [6.45, 7) is 0.464. The van der Waals surface area contributed by atoms with Crippen LogP contribution in [0.15, 0.2) is 30.6 Å². The molecule has 0 aliphatic heterocycles. The molecule has 18 heavy (non-hydrogen) atoms. The molecule has 5 nitrogen and oxygen atoms in total. The van der Waals surface area contributed by atoms with Crippen molar-refractivity contribution in [1.29, 1.82) is 0 Å². The fourth-order valence-electron chi connectivity index (χ4n) is 1.56. The zero-order valence-electron chi connectivity index (χ0n) is 9.85. The van der Waals surface area contributed by atoms with E-state index in [1.54, 1.807) is 19.4 Å². The van der Waals surface area contributed by atoms with E-state index in [2.05, 4.69) is 15.3 Å². The Morgan fingerprint density at radius 2 is 2.11 bits per heavy atom. The molecule has 2 rings (SSSR count). The van der Waals surface area contributed by atoms with Crippen LogP contribution in [-0.2, 0) is 6.54 Å². The van der Waals surface area contributed by atoms with Gasteiger partial charge in [0.15, 0.2) is 11.6 Å². The average Bonchev–Trinajstić information content (AvgIpc) is 2.39. The SMILES string of the molecule is COc1cccc(Cl)c1CNc1nccnc1N. The highest BCUT2D eigenvalue weighted by Crippen LogP contribution is 2.27. The van der Waals surface area contributed by atoms with E-state index in [9.17, 15) is 0 Å². The van der Waals surface area contributed by atoms with Crippen molar-refractivity contribution in [3.8, 4) is 5.75 Å². The molecule has 0 radical (unpaired) electrons. The minimum absolute atomic E-state index is 0.350. The summed E-state index contributed by atoms with van der Waals surface area (Å²) in [5.41, 5.74) is 6.55. The highest BCUT2D eigenvalue weighted by atomic mass is 35.5. The van der Waals surface area contributed by atoms with Gasteiger partial charge >= 0.3 is 0 Å². The Bertz CT molecular complexity index is 547. The van der Waals surface area contributed by atoms with Crippen LogP contribution < -0.4 is 15.8 Å². The zero-order chi connectivity index (χ0) is 13.0. The number of hydrogen-bond acceptors (Lipinski definition) is 5. The predicted octanol–water partition coefficient (Wildman–Crippen LogP) is 2.33. The molecular formula is C12H13ClN4O. The van der Waals surface area contributed by atoms with Crippen molar-refractivity contribution in [2.45, 2.75) is 6.54 Å². The van der Waals surface area contributed by atoms with Crippen LogP contribution in [0.3, 0.4) is 0 Å². The first-order valence-electron chi connectivity index (χ1n) is 5.34. The Kier molecular flexibility index (Phi) is 3.84. The summed E-state index contributed by atoms with van der Waals surface area (Å²) < 4.78 is 5.25. The highest BCUT2D eigenvalue weighted by Gasteiger charge is 2.08. The van der Waals surface area contributed by atoms with Crippen molar-refractivity contribution in [2.75, 3.05) is 18.2 Å². The lowest BCUT2D eigenvalue weighted by atomic mass is 10.2. The summed E-state index contributed by atoms with van der Waals surface area (Å²) in [7, 11) is 1.60. The Labute approximate surface area is 110 Å². The van der Waals surface area contributed by atoms with E-state index in [0.29, 0.717) is 23.2 Å². The van der Waals surface area contributed by atoms with Gasteiger partial charge in [0, 0.05) is 29.5 Å². The molecule has 1 aromatic carbocycles. The van der Waals surface area contributed by atoms with Gasteiger partial charge in [-0.05, 0) is 12.1 Å². The van der Waals surface area contributed by atoms with Gasteiger partial charge in [-0.3, -0.25) is 0 Å². The molecule has 3 N–H and O–H groups in total. The molecule has 6 heteroatoms. The normalized spacial score (nSPS) is 10.1. The molecule has 0 amide bonds. The van der Waals surface area contributed by atoms with E-state index in [4.69, 9.17) is 22.1 Å². The van der Waals surface area contributed by atoms with E-state index in [1.807, 2.05) is 12.1 Å². The van der Waals surface area contributed by atoms with Gasteiger partial charge in [-0.25, -0.2) is 9.97 Å². The third kappa shape index (κ3) is 2.62. The summed E-state index contributed by atoms with van der Waals surface area (Å²) in [6.07, 6.45) is 3.11. The van der Waals surface area contributed by atoms with Crippen molar-refractivity contribution in [2.24, 2.45) is 0 Å². The molecule has 94 valence electrons. The van der Waals surface area contributed by atoms with Crippen LogP contribution in [0.5, 0.6) is 5.75 Å². The van der Waals surface area contributed by atoms with E-state index < -0.39 is 0 Å². The summed E-state index contributed by atoms with van der Waals surface area (Å²) in [4.78, 5) is 8.04. The fourth-order valence-corrected chi connectivity index (χ4v) is 1.79. The van der Waals surface area contributed by atoms with Crippen molar-refractivity contribution < 1.29 is 4.74 Å². The fraction of sp³-hybridized carbons (Fsp3) is 0.167. The molecule has 0 atom stereocenters. The smallest absolute Gasteiger partial charge is 0.169 e. The minimum atomic E-state index is 0.350. The largest absolute Gasteiger partial charge is 0.496 e. The molecule has 1 heterocycles. The second kappa shape index (κ2) is 5.55. The minimum Gasteiger partial charge on any atom is -0.496 e. The van der Waals surface area contributed by atoms with Crippen LogP contribution in [0.25, 0.3) is 0 Å². The number of aromatic nitrogens is 2. The standard InChI is InChI=1S/C12H13ClN4O/c1-18-10-4-2-3-9(13)8(10)7-17-12-11(14)15-5-6-16-12/h2-6H,7H2,1H3,(H2,14,15)(H,16,17). The van der Waals surface area contributed by atoms with Crippen LogP contribution >= 0.6 is 11.6 Å². The molecule has 0 aliphatic carbocycles. The number of nitrogens with two attached hydrogens (primary N) is 1. The zero-order valence-corrected chi connectivity index (χ0v) is 10.6. The van der Waals surface area contributed by atoms with Crippen LogP contribution in [0, 0.1) is 0 Å². The first kappa shape index (κ1) is 12.4. The number of benzene rings is 1. The molecule has 0 bridgehead atoms. The second-order valence-corrected chi connectivity index (χ2v) is 3.97. The van der Waals surface area contributed by atoms with Crippen LogP contribution in [0.1, 0.15) is 5.56 Å². The number of methoxy groups -OCH3 is 1. The Hall–Kier alpha value is -2.01. The summed E-state index contributed by atoms with van der Waals surface area (Å²) in [5.74, 6) is 1.60.